The van der Waals surface area contributed by atoms with Gasteiger partial charge in [0.25, 0.3) is 0 Å². The first-order valence-corrected chi connectivity index (χ1v) is 6.24. The van der Waals surface area contributed by atoms with Crippen LogP contribution in [-0.2, 0) is 0 Å². The van der Waals surface area contributed by atoms with Crippen LogP contribution in [0.1, 0.15) is 41.0 Å². The molecule has 0 aromatic carbocycles. The van der Waals surface area contributed by atoms with E-state index in [-0.39, 0.29) is 5.54 Å². The van der Waals surface area contributed by atoms with Crippen LogP contribution >= 0.6 is 0 Å². The van der Waals surface area contributed by atoms with Crippen molar-refractivity contribution < 1.29 is 0 Å². The molecule has 1 atom stereocenters. The summed E-state index contributed by atoms with van der Waals surface area (Å²) >= 11 is 0. The Balaban J connectivity index is 2.72. The van der Waals surface area contributed by atoms with Gasteiger partial charge in [-0.2, -0.15) is 5.26 Å². The molecule has 1 rings (SSSR count). The fourth-order valence-electron chi connectivity index (χ4n) is 2.51. The Morgan fingerprint density at radius 3 is 2.38 bits per heavy atom. The molecule has 3 heteroatoms. The minimum Gasteiger partial charge on any atom is -0.298 e. The number of nitriles is 1. The first-order chi connectivity index (χ1) is 7.36. The predicted octanol–water partition coefficient (Wildman–Crippen LogP) is 2.09. The van der Waals surface area contributed by atoms with Gasteiger partial charge in [-0.25, -0.2) is 0 Å². The van der Waals surface area contributed by atoms with Gasteiger partial charge in [0.15, 0.2) is 0 Å². The summed E-state index contributed by atoms with van der Waals surface area (Å²) in [7, 11) is 0. The molecule has 0 N–H and O–H groups in total. The molecule has 1 heterocycles. The fourth-order valence-corrected chi connectivity index (χ4v) is 2.51. The second kappa shape index (κ2) is 5.16. The van der Waals surface area contributed by atoms with Crippen molar-refractivity contribution in [1.82, 2.24) is 9.80 Å². The average Bonchev–Trinajstić information content (AvgIpc) is 2.16. The quantitative estimate of drug-likeness (QED) is 0.718. The summed E-state index contributed by atoms with van der Waals surface area (Å²) in [5, 5.41) is 8.93. The summed E-state index contributed by atoms with van der Waals surface area (Å²) in [4.78, 5) is 4.96. The molecule has 0 aromatic heterocycles. The van der Waals surface area contributed by atoms with Crippen LogP contribution < -0.4 is 0 Å². The highest BCUT2D eigenvalue weighted by molar-refractivity contribution is 4.94. The monoisotopic (exact) mass is 223 g/mol. The third-order valence-corrected chi connectivity index (χ3v) is 3.43. The lowest BCUT2D eigenvalue weighted by Gasteiger charge is -2.48. The second-order valence-corrected chi connectivity index (χ2v) is 5.97. The molecule has 0 aliphatic carbocycles. The van der Waals surface area contributed by atoms with E-state index in [4.69, 9.17) is 5.26 Å². The molecule has 92 valence electrons. The Kier molecular flexibility index (Phi) is 4.35. The number of rotatable bonds is 2. The Labute approximate surface area is 100 Å². The highest BCUT2D eigenvalue weighted by Gasteiger charge is 2.34. The third-order valence-electron chi connectivity index (χ3n) is 3.43. The van der Waals surface area contributed by atoms with Crippen molar-refractivity contribution in [3.8, 4) is 6.07 Å². The maximum absolute atomic E-state index is 8.93. The van der Waals surface area contributed by atoms with E-state index in [2.05, 4.69) is 50.5 Å². The highest BCUT2D eigenvalue weighted by Crippen LogP contribution is 2.23. The van der Waals surface area contributed by atoms with Crippen molar-refractivity contribution in [2.75, 3.05) is 19.6 Å². The van der Waals surface area contributed by atoms with Crippen LogP contribution in [0.4, 0.5) is 0 Å². The van der Waals surface area contributed by atoms with Crippen molar-refractivity contribution in [1.29, 1.82) is 5.26 Å². The van der Waals surface area contributed by atoms with Crippen LogP contribution in [-0.4, -0.2) is 47.1 Å². The maximum atomic E-state index is 8.93. The number of hydrogen-bond acceptors (Lipinski definition) is 3. The first kappa shape index (κ1) is 13.5. The largest absolute Gasteiger partial charge is 0.298 e. The number of nitrogens with zero attached hydrogens (tertiary/aromatic N) is 3. The van der Waals surface area contributed by atoms with E-state index in [9.17, 15) is 0 Å². The molecule has 16 heavy (non-hydrogen) atoms. The van der Waals surface area contributed by atoms with Gasteiger partial charge in [-0.15, -0.1) is 0 Å². The van der Waals surface area contributed by atoms with Crippen LogP contribution in [0, 0.1) is 11.3 Å². The van der Waals surface area contributed by atoms with Gasteiger partial charge in [0.2, 0.25) is 0 Å². The molecule has 1 saturated heterocycles. The molecule has 0 aromatic rings. The van der Waals surface area contributed by atoms with Crippen LogP contribution in [0.15, 0.2) is 0 Å². The maximum Gasteiger partial charge on any atom is 0.0638 e. The topological polar surface area (TPSA) is 30.3 Å². The molecule has 1 aliphatic heterocycles. The molecular weight excluding hydrogens is 198 g/mol. The lowest BCUT2D eigenvalue weighted by molar-refractivity contribution is 0.00138. The normalized spacial score (nSPS) is 24.7. The Hall–Kier alpha value is -0.590. The summed E-state index contributed by atoms with van der Waals surface area (Å²) < 4.78 is 0. The van der Waals surface area contributed by atoms with Gasteiger partial charge < -0.3 is 0 Å². The number of piperazine rings is 1. The summed E-state index contributed by atoms with van der Waals surface area (Å²) in [6, 6.07) is 3.31. The smallest absolute Gasteiger partial charge is 0.0638 e. The van der Waals surface area contributed by atoms with Crippen LogP contribution in [0.2, 0.25) is 0 Å². The zero-order valence-corrected chi connectivity index (χ0v) is 11.3. The SMILES string of the molecule is CC(C)N1CCN(C(C)(C)C)C(CC#N)C1. The van der Waals surface area contributed by atoms with Crippen molar-refractivity contribution in [3.05, 3.63) is 0 Å². The minimum absolute atomic E-state index is 0.171. The van der Waals surface area contributed by atoms with Crippen LogP contribution in [0.3, 0.4) is 0 Å². The summed E-state index contributed by atoms with van der Waals surface area (Å²) in [6.45, 7) is 14.4. The molecule has 0 radical (unpaired) electrons. The zero-order valence-electron chi connectivity index (χ0n) is 11.3. The predicted molar refractivity (Wildman–Crippen MR) is 67.2 cm³/mol. The van der Waals surface area contributed by atoms with Crippen LogP contribution in [0.5, 0.6) is 0 Å². The molecule has 1 unspecified atom stereocenters. The van der Waals surface area contributed by atoms with E-state index in [0.717, 1.165) is 19.6 Å². The Bertz CT molecular complexity index is 259. The van der Waals surface area contributed by atoms with E-state index in [1.54, 1.807) is 0 Å². The van der Waals surface area contributed by atoms with Gasteiger partial charge in [0.1, 0.15) is 0 Å². The van der Waals surface area contributed by atoms with Gasteiger partial charge >= 0.3 is 0 Å². The Morgan fingerprint density at radius 1 is 1.31 bits per heavy atom. The fraction of sp³-hybridized carbons (Fsp3) is 0.923. The average molecular weight is 223 g/mol. The van der Waals surface area contributed by atoms with Crippen molar-refractivity contribution >= 4 is 0 Å². The van der Waals surface area contributed by atoms with Gasteiger partial charge in [-0.1, -0.05) is 0 Å². The molecule has 0 bridgehead atoms. The lowest BCUT2D eigenvalue weighted by atomic mass is 9.98. The van der Waals surface area contributed by atoms with Gasteiger partial charge in [0, 0.05) is 37.3 Å². The van der Waals surface area contributed by atoms with E-state index >= 15 is 0 Å². The molecule has 0 amide bonds. The van der Waals surface area contributed by atoms with E-state index in [1.165, 1.54) is 0 Å². The highest BCUT2D eigenvalue weighted by atomic mass is 15.3. The van der Waals surface area contributed by atoms with Crippen LogP contribution in [0.25, 0.3) is 0 Å². The molecular formula is C13H25N3. The minimum atomic E-state index is 0.171. The molecule has 0 saturated carbocycles. The van der Waals surface area contributed by atoms with Gasteiger partial charge in [-0.3, -0.25) is 9.80 Å². The standard InChI is InChI=1S/C13H25N3/c1-11(2)15-8-9-16(13(3,4)5)12(10-15)6-7-14/h11-12H,6,8-10H2,1-5H3. The molecule has 0 spiro atoms. The van der Waals surface area contributed by atoms with Gasteiger partial charge in [0.05, 0.1) is 12.5 Å². The van der Waals surface area contributed by atoms with E-state index in [0.29, 0.717) is 18.5 Å². The van der Waals surface area contributed by atoms with Crippen molar-refractivity contribution in [3.63, 3.8) is 0 Å². The van der Waals surface area contributed by atoms with E-state index in [1.807, 2.05) is 0 Å². The molecule has 1 fully saturated rings. The summed E-state index contributed by atoms with van der Waals surface area (Å²) in [5.74, 6) is 0. The summed E-state index contributed by atoms with van der Waals surface area (Å²) in [6.07, 6.45) is 0.639. The van der Waals surface area contributed by atoms with Crippen molar-refractivity contribution in [2.45, 2.75) is 58.7 Å². The third kappa shape index (κ3) is 3.20. The molecule has 3 nitrogen and oxygen atoms in total. The lowest BCUT2D eigenvalue weighted by Crippen LogP contribution is -2.60. The zero-order chi connectivity index (χ0) is 12.3. The van der Waals surface area contributed by atoms with Crippen molar-refractivity contribution in [2.24, 2.45) is 0 Å². The number of hydrogen-bond donors (Lipinski definition) is 0. The van der Waals surface area contributed by atoms with Gasteiger partial charge in [-0.05, 0) is 34.6 Å². The Morgan fingerprint density at radius 2 is 1.94 bits per heavy atom. The molecule has 1 aliphatic rings. The first-order valence-electron chi connectivity index (χ1n) is 6.24. The summed E-state index contributed by atoms with van der Waals surface area (Å²) in [5.41, 5.74) is 0.171. The second-order valence-electron chi connectivity index (χ2n) is 5.97. The van der Waals surface area contributed by atoms with E-state index < -0.39 is 0 Å².